The Balaban J connectivity index is 2.11. The van der Waals surface area contributed by atoms with E-state index >= 15 is 0 Å². The first-order chi connectivity index (χ1) is 14.1. The second-order valence-corrected chi connectivity index (χ2v) is 6.50. The number of unbranched alkanes of at least 4 members (excludes halogenated alkanes) is 1. The van der Waals surface area contributed by atoms with Gasteiger partial charge in [0, 0.05) is 16.5 Å². The van der Waals surface area contributed by atoms with Crippen LogP contribution in [0.15, 0.2) is 42.5 Å². The highest BCUT2D eigenvalue weighted by molar-refractivity contribution is 6.04. The van der Waals surface area contributed by atoms with Crippen LogP contribution in [0, 0.1) is 0 Å². The van der Waals surface area contributed by atoms with Crippen LogP contribution < -0.4 is 19.3 Å². The average Bonchev–Trinajstić information content (AvgIpc) is 2.73. The molecule has 0 bridgehead atoms. The Morgan fingerprint density at radius 2 is 1.86 bits per heavy atom. The van der Waals surface area contributed by atoms with Gasteiger partial charge >= 0.3 is 0 Å². The summed E-state index contributed by atoms with van der Waals surface area (Å²) in [6, 6.07) is 12.2. The van der Waals surface area contributed by atoms with Gasteiger partial charge in [-0.2, -0.15) is 0 Å². The van der Waals surface area contributed by atoms with Crippen LogP contribution in [0.3, 0.4) is 0 Å². The van der Waals surface area contributed by atoms with E-state index in [9.17, 15) is 9.90 Å². The number of carbonyl (C=O) groups is 1. The van der Waals surface area contributed by atoms with Crippen molar-refractivity contribution in [2.75, 3.05) is 20.3 Å². The van der Waals surface area contributed by atoms with Crippen molar-refractivity contribution in [1.82, 2.24) is 4.98 Å². The molecular formula is C23H24NO5-. The molecule has 0 unspecified atom stereocenters. The van der Waals surface area contributed by atoms with E-state index in [2.05, 4.69) is 11.9 Å². The van der Waals surface area contributed by atoms with Crippen LogP contribution in [-0.2, 0) is 0 Å². The second-order valence-electron chi connectivity index (χ2n) is 6.50. The number of hydrogen-bond donors (Lipinski definition) is 0. The Kier molecular flexibility index (Phi) is 6.54. The molecule has 29 heavy (non-hydrogen) atoms. The molecular weight excluding hydrogens is 370 g/mol. The number of aromatic carboxylic acids is 1. The van der Waals surface area contributed by atoms with Crippen LogP contribution >= 0.6 is 0 Å². The predicted molar refractivity (Wildman–Crippen MR) is 110 cm³/mol. The van der Waals surface area contributed by atoms with E-state index in [1.54, 1.807) is 18.2 Å². The quantitative estimate of drug-likeness (QED) is 0.513. The van der Waals surface area contributed by atoms with E-state index in [0.717, 1.165) is 12.8 Å². The van der Waals surface area contributed by atoms with Crippen LogP contribution in [0.25, 0.3) is 22.2 Å². The van der Waals surface area contributed by atoms with Gasteiger partial charge in [-0.05, 0) is 43.7 Å². The lowest BCUT2D eigenvalue weighted by molar-refractivity contribution is -0.254. The van der Waals surface area contributed by atoms with Crippen molar-refractivity contribution in [2.45, 2.75) is 26.7 Å². The minimum Gasteiger partial charge on any atom is -0.545 e. The zero-order valence-electron chi connectivity index (χ0n) is 16.9. The summed E-state index contributed by atoms with van der Waals surface area (Å²) in [4.78, 5) is 16.4. The second kappa shape index (κ2) is 9.28. The van der Waals surface area contributed by atoms with Crippen LogP contribution in [0.4, 0.5) is 0 Å². The van der Waals surface area contributed by atoms with Crippen LogP contribution in [0.1, 0.15) is 37.0 Å². The number of fused-ring (bicyclic) bond motifs is 1. The molecule has 0 aliphatic rings. The van der Waals surface area contributed by atoms with Crippen molar-refractivity contribution >= 4 is 16.9 Å². The first kappa shape index (κ1) is 20.5. The number of pyridine rings is 1. The Bertz CT molecular complexity index is 1020. The molecule has 0 amide bonds. The molecule has 2 aromatic carbocycles. The maximum Gasteiger partial charge on any atom is 0.161 e. The molecule has 1 heterocycles. The monoisotopic (exact) mass is 394 g/mol. The maximum atomic E-state index is 11.7. The molecule has 1 aromatic heterocycles. The maximum absolute atomic E-state index is 11.7. The Hall–Kier alpha value is -3.28. The number of methoxy groups -OCH3 is 1. The molecule has 0 radical (unpaired) electrons. The lowest BCUT2D eigenvalue weighted by Gasteiger charge is -2.15. The summed E-state index contributed by atoms with van der Waals surface area (Å²) in [5, 5.41) is 12.2. The van der Waals surface area contributed by atoms with Gasteiger partial charge in [-0.15, -0.1) is 0 Å². The van der Waals surface area contributed by atoms with Crippen molar-refractivity contribution in [3.63, 3.8) is 0 Å². The minimum absolute atomic E-state index is 0.0603. The molecule has 0 saturated carbocycles. The molecule has 6 nitrogen and oxygen atoms in total. The number of carboxylic acid groups (broad SMARTS) is 1. The van der Waals surface area contributed by atoms with Crippen molar-refractivity contribution in [2.24, 2.45) is 0 Å². The molecule has 0 aliphatic heterocycles. The average molecular weight is 394 g/mol. The number of aromatic nitrogens is 1. The normalized spacial score (nSPS) is 10.7. The van der Waals surface area contributed by atoms with Gasteiger partial charge in [0.1, 0.15) is 11.3 Å². The van der Waals surface area contributed by atoms with Crippen LogP contribution in [0.5, 0.6) is 17.2 Å². The Labute approximate surface area is 170 Å². The number of para-hydroxylation sites is 1. The molecule has 0 aliphatic carbocycles. The third-order valence-corrected chi connectivity index (χ3v) is 4.54. The smallest absolute Gasteiger partial charge is 0.161 e. The van der Waals surface area contributed by atoms with Gasteiger partial charge in [-0.3, -0.25) is 0 Å². The number of carboxylic acids is 1. The standard InChI is InChI=1S/C23H25NO5/c1-4-6-12-29-19-11-10-15(13-21(19)28-5-2)18-14-17(23(25)26)16-8-7-9-20(27-3)22(16)24-18/h7-11,13-14H,4-6,12H2,1-3H3,(H,25,26)/p-1. The third kappa shape index (κ3) is 4.42. The highest BCUT2D eigenvalue weighted by atomic mass is 16.5. The van der Waals surface area contributed by atoms with Gasteiger partial charge in [0.25, 0.3) is 0 Å². The minimum atomic E-state index is -1.27. The Morgan fingerprint density at radius 1 is 1.03 bits per heavy atom. The fourth-order valence-electron chi connectivity index (χ4n) is 3.09. The van der Waals surface area contributed by atoms with Crippen LogP contribution in [0.2, 0.25) is 0 Å². The molecule has 152 valence electrons. The number of rotatable bonds is 9. The van der Waals surface area contributed by atoms with E-state index in [-0.39, 0.29) is 5.56 Å². The summed E-state index contributed by atoms with van der Waals surface area (Å²) in [5.74, 6) is 0.480. The SMILES string of the molecule is CCCCOc1ccc(-c2cc(C(=O)[O-])c3cccc(OC)c3n2)cc1OCC. The van der Waals surface area contributed by atoms with E-state index in [1.165, 1.54) is 13.2 Å². The lowest BCUT2D eigenvalue weighted by atomic mass is 10.0. The van der Waals surface area contributed by atoms with Gasteiger partial charge in [0.15, 0.2) is 11.5 Å². The van der Waals surface area contributed by atoms with Crippen molar-refractivity contribution in [3.8, 4) is 28.5 Å². The van der Waals surface area contributed by atoms with Gasteiger partial charge in [-0.1, -0.05) is 25.5 Å². The fourth-order valence-corrected chi connectivity index (χ4v) is 3.09. The van der Waals surface area contributed by atoms with Crippen molar-refractivity contribution in [1.29, 1.82) is 0 Å². The van der Waals surface area contributed by atoms with E-state index in [1.807, 2.05) is 25.1 Å². The summed E-state index contributed by atoms with van der Waals surface area (Å²) in [5.41, 5.74) is 1.73. The van der Waals surface area contributed by atoms with Gasteiger partial charge < -0.3 is 24.1 Å². The summed E-state index contributed by atoms with van der Waals surface area (Å²) < 4.78 is 16.9. The highest BCUT2D eigenvalue weighted by Crippen LogP contribution is 2.35. The topological polar surface area (TPSA) is 80.7 Å². The van der Waals surface area contributed by atoms with E-state index in [0.29, 0.717) is 52.6 Å². The fraction of sp³-hybridized carbons (Fsp3) is 0.304. The molecule has 3 aromatic rings. The van der Waals surface area contributed by atoms with Crippen LogP contribution in [-0.4, -0.2) is 31.3 Å². The number of benzene rings is 2. The first-order valence-corrected chi connectivity index (χ1v) is 9.68. The van der Waals surface area contributed by atoms with E-state index < -0.39 is 5.97 Å². The summed E-state index contributed by atoms with van der Waals surface area (Å²) in [6.07, 6.45) is 1.99. The number of nitrogens with zero attached hydrogens (tertiary/aromatic N) is 1. The molecule has 0 N–H and O–H groups in total. The molecule has 0 fully saturated rings. The molecule has 0 atom stereocenters. The van der Waals surface area contributed by atoms with Crippen molar-refractivity contribution < 1.29 is 24.1 Å². The zero-order valence-corrected chi connectivity index (χ0v) is 16.9. The molecule has 6 heteroatoms. The first-order valence-electron chi connectivity index (χ1n) is 9.68. The molecule has 0 saturated heterocycles. The number of carbonyl (C=O) groups excluding carboxylic acids is 1. The van der Waals surface area contributed by atoms with Gasteiger partial charge in [0.05, 0.1) is 32.0 Å². The predicted octanol–water partition coefficient (Wildman–Crippen LogP) is 3.85. The third-order valence-electron chi connectivity index (χ3n) is 4.54. The molecule has 0 spiro atoms. The number of ether oxygens (including phenoxy) is 3. The van der Waals surface area contributed by atoms with Crippen molar-refractivity contribution in [3.05, 3.63) is 48.0 Å². The lowest BCUT2D eigenvalue weighted by Crippen LogP contribution is -2.22. The zero-order chi connectivity index (χ0) is 20.8. The van der Waals surface area contributed by atoms with Gasteiger partial charge in [0.2, 0.25) is 0 Å². The van der Waals surface area contributed by atoms with Gasteiger partial charge in [-0.25, -0.2) is 4.98 Å². The summed E-state index contributed by atoms with van der Waals surface area (Å²) >= 11 is 0. The molecule has 3 rings (SSSR count). The van der Waals surface area contributed by atoms with E-state index in [4.69, 9.17) is 14.2 Å². The summed E-state index contributed by atoms with van der Waals surface area (Å²) in [7, 11) is 1.53. The largest absolute Gasteiger partial charge is 0.545 e. The Morgan fingerprint density at radius 3 is 2.55 bits per heavy atom. The number of hydrogen-bond acceptors (Lipinski definition) is 6. The highest BCUT2D eigenvalue weighted by Gasteiger charge is 2.14. The summed E-state index contributed by atoms with van der Waals surface area (Å²) in [6.45, 7) is 5.09.